The molecule has 132 valence electrons. The fourth-order valence-corrected chi connectivity index (χ4v) is 2.91. The molecule has 2 aliphatic rings. The first kappa shape index (κ1) is 19.0. The highest BCUT2D eigenvalue weighted by Crippen LogP contribution is 2.19. The lowest BCUT2D eigenvalue weighted by Gasteiger charge is -2.00. The first-order valence-electron chi connectivity index (χ1n) is 8.93. The maximum atomic E-state index is 11.7. The SMILES string of the molecule is O=C1CCCCC(=O)C1.O=C1CCCCC(=O)C1=Cc1ccccc1. The van der Waals surface area contributed by atoms with Gasteiger partial charge < -0.3 is 0 Å². The van der Waals surface area contributed by atoms with Crippen molar-refractivity contribution in [2.24, 2.45) is 0 Å². The number of benzene rings is 1. The summed E-state index contributed by atoms with van der Waals surface area (Å²) in [7, 11) is 0. The van der Waals surface area contributed by atoms with Gasteiger partial charge in [-0.1, -0.05) is 30.3 Å². The van der Waals surface area contributed by atoms with E-state index in [4.69, 9.17) is 0 Å². The largest absolute Gasteiger partial charge is 0.299 e. The van der Waals surface area contributed by atoms with E-state index in [2.05, 4.69) is 0 Å². The monoisotopic (exact) mass is 340 g/mol. The van der Waals surface area contributed by atoms with Crippen LogP contribution in [0.4, 0.5) is 0 Å². The molecule has 0 spiro atoms. The van der Waals surface area contributed by atoms with Crippen LogP contribution in [0.2, 0.25) is 0 Å². The molecule has 0 amide bonds. The second-order valence-electron chi connectivity index (χ2n) is 6.48. The lowest BCUT2D eigenvalue weighted by atomic mass is 10.0. The van der Waals surface area contributed by atoms with E-state index in [0.717, 1.165) is 31.2 Å². The third kappa shape index (κ3) is 6.57. The van der Waals surface area contributed by atoms with Crippen molar-refractivity contribution in [1.82, 2.24) is 0 Å². The van der Waals surface area contributed by atoms with Gasteiger partial charge in [-0.2, -0.15) is 0 Å². The fraction of sp³-hybridized carbons (Fsp3) is 0.429. The van der Waals surface area contributed by atoms with Crippen molar-refractivity contribution < 1.29 is 19.2 Å². The predicted octanol–water partition coefficient (Wildman–Crippen LogP) is 3.87. The van der Waals surface area contributed by atoms with Crippen molar-refractivity contribution in [3.63, 3.8) is 0 Å². The van der Waals surface area contributed by atoms with Crippen LogP contribution in [0.3, 0.4) is 0 Å². The molecule has 0 atom stereocenters. The van der Waals surface area contributed by atoms with Crippen LogP contribution < -0.4 is 0 Å². The van der Waals surface area contributed by atoms with E-state index in [1.165, 1.54) is 0 Å². The van der Waals surface area contributed by atoms with Gasteiger partial charge in [-0.05, 0) is 37.3 Å². The maximum Gasteiger partial charge on any atom is 0.166 e. The number of rotatable bonds is 1. The van der Waals surface area contributed by atoms with Gasteiger partial charge in [-0.15, -0.1) is 0 Å². The second-order valence-corrected chi connectivity index (χ2v) is 6.48. The zero-order valence-corrected chi connectivity index (χ0v) is 14.5. The number of hydrogen-bond donors (Lipinski definition) is 0. The minimum Gasteiger partial charge on any atom is -0.299 e. The van der Waals surface area contributed by atoms with Gasteiger partial charge in [-0.25, -0.2) is 0 Å². The van der Waals surface area contributed by atoms with Crippen molar-refractivity contribution in [2.45, 2.75) is 57.8 Å². The highest BCUT2D eigenvalue weighted by atomic mass is 16.2. The summed E-state index contributed by atoms with van der Waals surface area (Å²) in [6.45, 7) is 0. The van der Waals surface area contributed by atoms with Crippen molar-refractivity contribution in [1.29, 1.82) is 0 Å². The Morgan fingerprint density at radius 2 is 1.12 bits per heavy atom. The number of Topliss-reactive ketones (excluding diaryl/α,β-unsaturated/α-hetero) is 4. The molecule has 0 N–H and O–H groups in total. The van der Waals surface area contributed by atoms with Crippen molar-refractivity contribution >= 4 is 29.2 Å². The molecular weight excluding hydrogens is 316 g/mol. The van der Waals surface area contributed by atoms with E-state index in [1.807, 2.05) is 30.3 Å². The molecule has 0 aliphatic heterocycles. The molecule has 2 aliphatic carbocycles. The molecule has 3 rings (SSSR count). The third-order valence-corrected chi connectivity index (χ3v) is 4.32. The second kappa shape index (κ2) is 9.82. The molecule has 1 aromatic carbocycles. The van der Waals surface area contributed by atoms with Gasteiger partial charge in [0.15, 0.2) is 11.6 Å². The first-order chi connectivity index (χ1) is 12.1. The standard InChI is InChI=1S/C14H14O2.C7H10O2/c15-13-8-4-5-9-14(16)12(13)10-11-6-2-1-3-7-11;8-6-3-1-2-4-7(9)5-6/h1-3,6-7,10H,4-5,8-9H2;1-5H2. The van der Waals surface area contributed by atoms with Crippen LogP contribution in [-0.4, -0.2) is 23.1 Å². The molecule has 25 heavy (non-hydrogen) atoms. The summed E-state index contributed by atoms with van der Waals surface area (Å²) in [6, 6.07) is 9.52. The van der Waals surface area contributed by atoms with E-state index >= 15 is 0 Å². The molecule has 0 radical (unpaired) electrons. The Bertz CT molecular complexity index is 634. The maximum absolute atomic E-state index is 11.7. The Morgan fingerprint density at radius 3 is 1.64 bits per heavy atom. The Balaban J connectivity index is 0.000000212. The summed E-state index contributed by atoms with van der Waals surface area (Å²) in [5.74, 6) is 0.229. The minimum atomic E-state index is -0.00801. The molecule has 0 bridgehead atoms. The van der Waals surface area contributed by atoms with E-state index in [0.29, 0.717) is 31.3 Å². The molecule has 0 unspecified atom stereocenters. The van der Waals surface area contributed by atoms with Crippen LogP contribution in [-0.2, 0) is 19.2 Å². The van der Waals surface area contributed by atoms with Gasteiger partial charge in [0.25, 0.3) is 0 Å². The number of hydrogen-bond acceptors (Lipinski definition) is 4. The molecule has 0 aromatic heterocycles. The summed E-state index contributed by atoms with van der Waals surface area (Å²) < 4.78 is 0. The van der Waals surface area contributed by atoms with Gasteiger partial charge in [0, 0.05) is 25.7 Å². The predicted molar refractivity (Wildman–Crippen MR) is 96.0 cm³/mol. The lowest BCUT2D eigenvalue weighted by Crippen LogP contribution is -2.09. The van der Waals surface area contributed by atoms with Crippen LogP contribution >= 0.6 is 0 Å². The summed E-state index contributed by atoms with van der Waals surface area (Å²) in [5, 5.41) is 0. The Hall–Kier alpha value is -2.36. The van der Waals surface area contributed by atoms with E-state index in [9.17, 15) is 19.2 Å². The van der Waals surface area contributed by atoms with Gasteiger partial charge in [-0.3, -0.25) is 19.2 Å². The Kier molecular flexibility index (Phi) is 7.45. The normalized spacial score (nSPS) is 18.8. The first-order valence-corrected chi connectivity index (χ1v) is 8.93. The number of carbonyl (C=O) groups is 4. The van der Waals surface area contributed by atoms with E-state index < -0.39 is 0 Å². The zero-order chi connectivity index (χ0) is 18.1. The van der Waals surface area contributed by atoms with Gasteiger partial charge in [0.2, 0.25) is 0 Å². The summed E-state index contributed by atoms with van der Waals surface area (Å²) in [6.07, 6.45) is 7.63. The van der Waals surface area contributed by atoms with Crippen LogP contribution in [0.1, 0.15) is 63.4 Å². The average Bonchev–Trinajstić information content (AvgIpc) is 2.88. The zero-order valence-electron chi connectivity index (χ0n) is 14.5. The number of ketones is 4. The van der Waals surface area contributed by atoms with Crippen LogP contribution in [0.5, 0.6) is 0 Å². The van der Waals surface area contributed by atoms with Gasteiger partial charge >= 0.3 is 0 Å². The molecule has 0 saturated heterocycles. The molecule has 4 nitrogen and oxygen atoms in total. The number of allylic oxidation sites excluding steroid dienone is 1. The molecule has 0 heterocycles. The summed E-state index contributed by atoms with van der Waals surface area (Å²) >= 11 is 0. The highest BCUT2D eigenvalue weighted by Gasteiger charge is 2.20. The van der Waals surface area contributed by atoms with Crippen LogP contribution in [0.15, 0.2) is 35.9 Å². The van der Waals surface area contributed by atoms with Gasteiger partial charge in [0.1, 0.15) is 11.6 Å². The quantitative estimate of drug-likeness (QED) is 0.337. The topological polar surface area (TPSA) is 68.3 Å². The molecular formula is C21H24O4. The molecule has 2 fully saturated rings. The highest BCUT2D eigenvalue weighted by molar-refractivity contribution is 6.23. The molecule has 1 aromatic rings. The van der Waals surface area contributed by atoms with Crippen molar-refractivity contribution in [3.05, 3.63) is 41.5 Å². The summed E-state index contributed by atoms with van der Waals surface area (Å²) in [4.78, 5) is 44.8. The van der Waals surface area contributed by atoms with Crippen LogP contribution in [0, 0.1) is 0 Å². The fourth-order valence-electron chi connectivity index (χ4n) is 2.91. The van der Waals surface area contributed by atoms with Crippen molar-refractivity contribution in [3.8, 4) is 0 Å². The molecule has 4 heteroatoms. The third-order valence-electron chi connectivity index (χ3n) is 4.32. The van der Waals surface area contributed by atoms with E-state index in [-0.39, 0.29) is 29.6 Å². The Labute approximate surface area is 148 Å². The van der Waals surface area contributed by atoms with Crippen LogP contribution in [0.25, 0.3) is 6.08 Å². The smallest absolute Gasteiger partial charge is 0.166 e. The minimum absolute atomic E-state index is 0.00801. The average molecular weight is 340 g/mol. The number of carbonyl (C=O) groups excluding carboxylic acids is 4. The van der Waals surface area contributed by atoms with Crippen molar-refractivity contribution in [2.75, 3.05) is 0 Å². The van der Waals surface area contributed by atoms with Gasteiger partial charge in [0.05, 0.1) is 12.0 Å². The summed E-state index contributed by atoms with van der Waals surface area (Å²) in [5.41, 5.74) is 1.30. The van der Waals surface area contributed by atoms with E-state index in [1.54, 1.807) is 6.08 Å². The Morgan fingerprint density at radius 1 is 0.640 bits per heavy atom. The molecule has 2 saturated carbocycles. The lowest BCUT2D eigenvalue weighted by molar-refractivity contribution is -0.126.